The number of phenols is 2. The van der Waals surface area contributed by atoms with Crippen LogP contribution in [-0.2, 0) is 52.4 Å². The molecule has 2 N–H and O–H groups in total. The molecule has 16 heteroatoms. The maximum atomic E-state index is 12.2. The highest BCUT2D eigenvalue weighted by molar-refractivity contribution is 7.94. The lowest BCUT2D eigenvalue weighted by Crippen LogP contribution is -2.30. The third-order valence-electron chi connectivity index (χ3n) is 5.63. The number of rotatable bonds is 11. The Hall–Kier alpha value is -2.24. The number of aromatic hydroxyl groups is 2. The third-order valence-corrected chi connectivity index (χ3v) is 10.4. The van der Waals surface area contributed by atoms with E-state index in [-0.39, 0.29) is 35.7 Å². The van der Waals surface area contributed by atoms with Crippen LogP contribution in [0.5, 0.6) is 11.5 Å². The topological polar surface area (TPSA) is 183 Å². The van der Waals surface area contributed by atoms with Gasteiger partial charge in [-0.3, -0.25) is 0 Å². The first-order chi connectivity index (χ1) is 17.0. The van der Waals surface area contributed by atoms with E-state index in [1.54, 1.807) is 23.9 Å². The van der Waals surface area contributed by atoms with Crippen LogP contribution in [0, 0.1) is 0 Å². The van der Waals surface area contributed by atoms with Crippen molar-refractivity contribution in [2.24, 2.45) is 0 Å². The predicted octanol–water partition coefficient (Wildman–Crippen LogP) is 0.276. The first-order valence-electron chi connectivity index (χ1n) is 10.9. The zero-order valence-corrected chi connectivity index (χ0v) is 25.1. The largest absolute Gasteiger partial charge is 0.508 e. The van der Waals surface area contributed by atoms with E-state index >= 15 is 0 Å². The van der Waals surface area contributed by atoms with Gasteiger partial charge in [0, 0.05) is 74.5 Å². The Labute approximate surface area is 224 Å². The third kappa shape index (κ3) is 8.13. The van der Waals surface area contributed by atoms with Gasteiger partial charge in [0.1, 0.15) is 11.5 Å². The molecule has 2 aromatic rings. The number of phenolic OH excluding ortho intramolecular Hbond substituents is 2. The summed E-state index contributed by atoms with van der Waals surface area (Å²) in [6, 6.07) is 4.11. The summed E-state index contributed by atoms with van der Waals surface area (Å²) >= 11 is 0. The summed E-state index contributed by atoms with van der Waals surface area (Å²) in [5.41, 5.74) is 0.407. The van der Waals surface area contributed by atoms with Crippen molar-refractivity contribution in [3.05, 3.63) is 35.4 Å². The Morgan fingerprint density at radius 1 is 0.526 bits per heavy atom. The Kier molecular flexibility index (Phi) is 9.33. The molecule has 0 atom stereocenters. The molecule has 214 valence electrons. The molecule has 0 radical (unpaired) electrons. The fourth-order valence-electron chi connectivity index (χ4n) is 3.68. The molecule has 0 spiro atoms. The van der Waals surface area contributed by atoms with Crippen molar-refractivity contribution in [1.82, 2.24) is 9.80 Å². The smallest absolute Gasteiger partial charge is 0.176 e. The van der Waals surface area contributed by atoms with Gasteiger partial charge in [-0.2, -0.15) is 0 Å². The van der Waals surface area contributed by atoms with E-state index in [0.29, 0.717) is 13.1 Å². The van der Waals surface area contributed by atoms with Gasteiger partial charge in [-0.1, -0.05) is 0 Å². The highest BCUT2D eigenvalue weighted by Gasteiger charge is 2.25. The Bertz CT molecular complexity index is 1540. The Balaban J connectivity index is 2.22. The minimum atomic E-state index is -3.91. The standard InChI is InChI=1S/C22H32N2O10S4/c1-23(13-15-9-19(35(3,27)28)21(11-17(15)25)37(5,31)32)7-8-24(2)14-16-10-20(36(4,29)30)22(12-18(16)26)38(6,33)34/h9-12,25-26H,7-8,13-14H2,1-6H3. The molecule has 0 aliphatic heterocycles. The van der Waals surface area contributed by atoms with Crippen LogP contribution in [0.3, 0.4) is 0 Å². The molecule has 12 nitrogen and oxygen atoms in total. The number of nitrogens with zero attached hydrogens (tertiary/aromatic N) is 2. The van der Waals surface area contributed by atoms with Crippen LogP contribution in [0.15, 0.2) is 43.8 Å². The molecule has 0 heterocycles. The van der Waals surface area contributed by atoms with Crippen LogP contribution >= 0.6 is 0 Å². The number of likely N-dealkylation sites (N-methyl/N-ethyl adjacent to an activating group) is 2. The summed E-state index contributed by atoms with van der Waals surface area (Å²) in [7, 11) is -12.2. The minimum absolute atomic E-state index is 0.0821. The molecule has 0 unspecified atom stereocenters. The van der Waals surface area contributed by atoms with Crippen LogP contribution < -0.4 is 0 Å². The Morgan fingerprint density at radius 2 is 0.763 bits per heavy atom. The molecular formula is C22H32N2O10S4. The van der Waals surface area contributed by atoms with E-state index in [0.717, 1.165) is 49.3 Å². The maximum Gasteiger partial charge on any atom is 0.176 e. The molecular weight excluding hydrogens is 581 g/mol. The zero-order chi connectivity index (χ0) is 29.4. The molecule has 0 saturated heterocycles. The normalized spacial score (nSPS) is 13.4. The molecule has 0 saturated carbocycles. The summed E-state index contributed by atoms with van der Waals surface area (Å²) in [5.74, 6) is -0.746. The van der Waals surface area contributed by atoms with Gasteiger partial charge in [0.25, 0.3) is 0 Å². The van der Waals surface area contributed by atoms with Crippen molar-refractivity contribution in [2.75, 3.05) is 52.2 Å². The number of benzene rings is 2. The first kappa shape index (κ1) is 32.0. The molecule has 0 fully saturated rings. The summed E-state index contributed by atoms with van der Waals surface area (Å²) < 4.78 is 96.7. The SMILES string of the molecule is CN(CCN(C)Cc1cc(S(C)(=O)=O)c(S(C)(=O)=O)cc1O)Cc1cc(S(C)(=O)=O)c(S(C)(=O)=O)cc1O. The molecule has 2 aromatic carbocycles. The van der Waals surface area contributed by atoms with Crippen LogP contribution in [0.4, 0.5) is 0 Å². The second-order valence-electron chi connectivity index (χ2n) is 9.42. The molecule has 0 bridgehead atoms. The highest BCUT2D eigenvalue weighted by Crippen LogP contribution is 2.31. The molecule has 0 aliphatic rings. The van der Waals surface area contributed by atoms with Crippen molar-refractivity contribution in [2.45, 2.75) is 32.7 Å². The molecule has 0 aromatic heterocycles. The van der Waals surface area contributed by atoms with E-state index in [4.69, 9.17) is 0 Å². The predicted molar refractivity (Wildman–Crippen MR) is 141 cm³/mol. The fourth-order valence-corrected chi connectivity index (χ4v) is 8.55. The van der Waals surface area contributed by atoms with Crippen LogP contribution in [0.1, 0.15) is 11.1 Å². The number of hydrogen-bond acceptors (Lipinski definition) is 12. The van der Waals surface area contributed by atoms with E-state index in [1.807, 2.05) is 0 Å². The van der Waals surface area contributed by atoms with Gasteiger partial charge in [-0.25, -0.2) is 33.7 Å². The number of hydrogen-bond donors (Lipinski definition) is 2. The lowest BCUT2D eigenvalue weighted by molar-refractivity contribution is 0.243. The van der Waals surface area contributed by atoms with Gasteiger partial charge >= 0.3 is 0 Å². The first-order valence-corrected chi connectivity index (χ1v) is 18.5. The van der Waals surface area contributed by atoms with E-state index < -0.39 is 58.9 Å². The van der Waals surface area contributed by atoms with E-state index in [9.17, 15) is 43.9 Å². The second-order valence-corrected chi connectivity index (χ2v) is 17.4. The monoisotopic (exact) mass is 612 g/mol. The highest BCUT2D eigenvalue weighted by atomic mass is 32.2. The number of sulfone groups is 4. The van der Waals surface area contributed by atoms with Gasteiger partial charge in [0.05, 0.1) is 19.6 Å². The van der Waals surface area contributed by atoms with Crippen molar-refractivity contribution < 1.29 is 43.9 Å². The zero-order valence-electron chi connectivity index (χ0n) is 21.8. The van der Waals surface area contributed by atoms with Crippen molar-refractivity contribution >= 4 is 39.3 Å². The summed E-state index contributed by atoms with van der Waals surface area (Å²) in [5, 5.41) is 20.7. The maximum absolute atomic E-state index is 12.2. The average molecular weight is 613 g/mol. The molecule has 2 rings (SSSR count). The van der Waals surface area contributed by atoms with Gasteiger partial charge in [0.2, 0.25) is 0 Å². The van der Waals surface area contributed by atoms with Gasteiger partial charge in [-0.05, 0) is 26.2 Å². The van der Waals surface area contributed by atoms with Crippen LogP contribution in [0.2, 0.25) is 0 Å². The van der Waals surface area contributed by atoms with E-state index in [2.05, 4.69) is 0 Å². The van der Waals surface area contributed by atoms with E-state index in [1.165, 1.54) is 0 Å². The van der Waals surface area contributed by atoms with Gasteiger partial charge < -0.3 is 20.0 Å². The minimum Gasteiger partial charge on any atom is -0.508 e. The van der Waals surface area contributed by atoms with Crippen molar-refractivity contribution in [1.29, 1.82) is 0 Å². The summed E-state index contributed by atoms with van der Waals surface area (Å²) in [4.78, 5) is 1.69. The summed E-state index contributed by atoms with van der Waals surface area (Å²) in [6.07, 6.45) is 3.46. The van der Waals surface area contributed by atoms with Crippen molar-refractivity contribution in [3.63, 3.8) is 0 Å². The molecule has 0 aliphatic carbocycles. The van der Waals surface area contributed by atoms with Crippen LogP contribution in [0.25, 0.3) is 0 Å². The molecule has 0 amide bonds. The quantitative estimate of drug-likeness (QED) is 0.354. The second kappa shape index (κ2) is 11.1. The molecule has 38 heavy (non-hydrogen) atoms. The Morgan fingerprint density at radius 3 is 1.00 bits per heavy atom. The van der Waals surface area contributed by atoms with Crippen LogP contribution in [-0.4, -0.2) is 106 Å². The lowest BCUT2D eigenvalue weighted by atomic mass is 10.2. The van der Waals surface area contributed by atoms with Gasteiger partial charge in [-0.15, -0.1) is 0 Å². The lowest BCUT2D eigenvalue weighted by Gasteiger charge is -2.23. The fraction of sp³-hybridized carbons (Fsp3) is 0.455. The van der Waals surface area contributed by atoms with Gasteiger partial charge in [0.15, 0.2) is 39.3 Å². The van der Waals surface area contributed by atoms with Crippen molar-refractivity contribution in [3.8, 4) is 11.5 Å². The summed E-state index contributed by atoms with van der Waals surface area (Å²) in [6.45, 7) is 0.912. The average Bonchev–Trinajstić information content (AvgIpc) is 2.71.